The largest absolute Gasteiger partial charge is 0.373 e. The quantitative estimate of drug-likeness (QED) is 0.713. The number of rotatable bonds is 8. The Morgan fingerprint density at radius 3 is 2.58 bits per heavy atom. The average Bonchev–Trinajstić information content (AvgIpc) is 2.73. The van der Waals surface area contributed by atoms with Crippen molar-refractivity contribution >= 4 is 27.3 Å². The molecular formula is C11H14BrF4NOS. The van der Waals surface area contributed by atoms with Gasteiger partial charge < -0.3 is 10.1 Å². The Morgan fingerprint density at radius 1 is 1.42 bits per heavy atom. The Kier molecular flexibility index (Phi) is 6.72. The highest BCUT2D eigenvalue weighted by atomic mass is 79.9. The molecule has 2 nitrogen and oxygen atoms in total. The van der Waals surface area contributed by atoms with Gasteiger partial charge in [-0.2, -0.15) is 8.78 Å². The van der Waals surface area contributed by atoms with E-state index in [2.05, 4.69) is 21.2 Å². The SMILES string of the molecule is CNC(COCC(F)(F)C(F)F)Cc1ccc(Br)s1. The van der Waals surface area contributed by atoms with Gasteiger partial charge in [0.05, 0.1) is 10.4 Å². The minimum atomic E-state index is -4.09. The molecular weight excluding hydrogens is 350 g/mol. The highest BCUT2D eigenvalue weighted by Crippen LogP contribution is 2.24. The topological polar surface area (TPSA) is 21.3 Å². The van der Waals surface area contributed by atoms with E-state index < -0.39 is 19.0 Å². The van der Waals surface area contributed by atoms with Gasteiger partial charge in [0.15, 0.2) is 0 Å². The second-order valence-electron chi connectivity index (χ2n) is 3.97. The van der Waals surface area contributed by atoms with Gasteiger partial charge in [-0.3, -0.25) is 0 Å². The van der Waals surface area contributed by atoms with Crippen molar-refractivity contribution in [2.24, 2.45) is 0 Å². The monoisotopic (exact) mass is 363 g/mol. The van der Waals surface area contributed by atoms with Gasteiger partial charge in [0.2, 0.25) is 0 Å². The van der Waals surface area contributed by atoms with Crippen molar-refractivity contribution in [3.05, 3.63) is 20.8 Å². The van der Waals surface area contributed by atoms with Gasteiger partial charge in [-0.05, 0) is 41.5 Å². The first-order valence-corrected chi connectivity index (χ1v) is 7.11. The van der Waals surface area contributed by atoms with Crippen molar-refractivity contribution in [1.29, 1.82) is 0 Å². The van der Waals surface area contributed by atoms with E-state index in [4.69, 9.17) is 4.74 Å². The number of likely N-dealkylation sites (N-methyl/N-ethyl adjacent to an activating group) is 1. The molecule has 0 radical (unpaired) electrons. The Balaban J connectivity index is 2.37. The number of alkyl halides is 4. The molecule has 0 fully saturated rings. The maximum atomic E-state index is 12.6. The number of hydrogen-bond acceptors (Lipinski definition) is 3. The molecule has 0 aliphatic heterocycles. The van der Waals surface area contributed by atoms with Crippen molar-refractivity contribution in [3.8, 4) is 0 Å². The van der Waals surface area contributed by atoms with Crippen molar-refractivity contribution in [2.75, 3.05) is 20.3 Å². The molecule has 1 N–H and O–H groups in total. The lowest BCUT2D eigenvalue weighted by Crippen LogP contribution is -2.37. The molecule has 0 amide bonds. The molecule has 8 heteroatoms. The van der Waals surface area contributed by atoms with E-state index in [0.29, 0.717) is 6.42 Å². The molecule has 0 aromatic carbocycles. The number of ether oxygens (including phenoxy) is 1. The van der Waals surface area contributed by atoms with E-state index in [9.17, 15) is 17.6 Å². The van der Waals surface area contributed by atoms with E-state index >= 15 is 0 Å². The smallest absolute Gasteiger partial charge is 0.330 e. The molecule has 0 saturated carbocycles. The predicted molar refractivity (Wildman–Crippen MR) is 70.3 cm³/mol. The standard InChI is InChI=1S/C11H14BrF4NOS/c1-17-7(4-8-2-3-9(12)19-8)5-18-6-11(15,16)10(13)14/h2-3,7,10,17H,4-6H2,1H3. The summed E-state index contributed by atoms with van der Waals surface area (Å²) in [5.74, 6) is -4.09. The Bertz CT molecular complexity index is 389. The molecule has 0 aliphatic carbocycles. The fraction of sp³-hybridized carbons (Fsp3) is 0.636. The van der Waals surface area contributed by atoms with E-state index in [1.807, 2.05) is 12.1 Å². The van der Waals surface area contributed by atoms with Crippen LogP contribution in [0.25, 0.3) is 0 Å². The molecule has 1 unspecified atom stereocenters. The maximum absolute atomic E-state index is 12.6. The van der Waals surface area contributed by atoms with Gasteiger partial charge in [-0.25, -0.2) is 8.78 Å². The maximum Gasteiger partial charge on any atom is 0.330 e. The second kappa shape index (κ2) is 7.56. The minimum Gasteiger partial charge on any atom is -0.373 e. The van der Waals surface area contributed by atoms with Crippen LogP contribution in [-0.4, -0.2) is 38.7 Å². The zero-order valence-electron chi connectivity index (χ0n) is 10.1. The number of hydrogen-bond donors (Lipinski definition) is 1. The molecule has 0 saturated heterocycles. The number of thiophene rings is 1. The van der Waals surface area contributed by atoms with E-state index in [1.54, 1.807) is 7.05 Å². The van der Waals surface area contributed by atoms with Crippen molar-refractivity contribution in [2.45, 2.75) is 24.8 Å². The van der Waals surface area contributed by atoms with Crippen LogP contribution in [0.5, 0.6) is 0 Å². The Morgan fingerprint density at radius 2 is 2.11 bits per heavy atom. The number of nitrogens with one attached hydrogen (secondary N) is 1. The van der Waals surface area contributed by atoms with Crippen LogP contribution in [0.15, 0.2) is 15.9 Å². The van der Waals surface area contributed by atoms with Crippen molar-refractivity contribution in [1.82, 2.24) is 5.32 Å². The fourth-order valence-electron chi connectivity index (χ4n) is 1.35. The lowest BCUT2D eigenvalue weighted by atomic mass is 10.2. The third-order valence-electron chi connectivity index (χ3n) is 2.42. The van der Waals surface area contributed by atoms with Crippen LogP contribution in [0, 0.1) is 0 Å². The summed E-state index contributed by atoms with van der Waals surface area (Å²) in [6, 6.07) is 3.60. The summed E-state index contributed by atoms with van der Waals surface area (Å²) < 4.78 is 54.8. The van der Waals surface area contributed by atoms with Crippen LogP contribution < -0.4 is 5.32 Å². The highest BCUT2D eigenvalue weighted by molar-refractivity contribution is 9.11. The lowest BCUT2D eigenvalue weighted by Gasteiger charge is -2.19. The van der Waals surface area contributed by atoms with Gasteiger partial charge in [-0.1, -0.05) is 0 Å². The van der Waals surface area contributed by atoms with Gasteiger partial charge in [0.25, 0.3) is 0 Å². The summed E-state index contributed by atoms with van der Waals surface area (Å²) in [5, 5.41) is 2.91. The zero-order valence-corrected chi connectivity index (χ0v) is 12.5. The Labute approximate surface area is 121 Å². The van der Waals surface area contributed by atoms with Crippen molar-refractivity contribution in [3.63, 3.8) is 0 Å². The average molecular weight is 364 g/mol. The van der Waals surface area contributed by atoms with Gasteiger partial charge in [0, 0.05) is 10.9 Å². The third-order valence-corrected chi connectivity index (χ3v) is 4.06. The van der Waals surface area contributed by atoms with E-state index in [-0.39, 0.29) is 12.6 Å². The van der Waals surface area contributed by atoms with Crippen LogP contribution in [-0.2, 0) is 11.2 Å². The van der Waals surface area contributed by atoms with E-state index in [1.165, 1.54) is 11.3 Å². The summed E-state index contributed by atoms with van der Waals surface area (Å²) in [6.45, 7) is -1.31. The predicted octanol–water partition coefficient (Wildman–Crippen LogP) is 3.56. The Hall–Kier alpha value is -0.180. The summed E-state index contributed by atoms with van der Waals surface area (Å²) in [7, 11) is 1.67. The van der Waals surface area contributed by atoms with Crippen molar-refractivity contribution < 1.29 is 22.3 Å². The first-order chi connectivity index (χ1) is 8.85. The molecule has 1 aromatic rings. The molecule has 1 heterocycles. The molecule has 0 bridgehead atoms. The molecule has 1 rings (SSSR count). The van der Waals surface area contributed by atoms with Crippen LogP contribution >= 0.6 is 27.3 Å². The van der Waals surface area contributed by atoms with Crippen LogP contribution in [0.3, 0.4) is 0 Å². The summed E-state index contributed by atoms with van der Waals surface area (Å²) in [4.78, 5) is 1.05. The minimum absolute atomic E-state index is 0.0473. The summed E-state index contributed by atoms with van der Waals surface area (Å²) in [6.07, 6.45) is -3.11. The molecule has 0 aliphatic rings. The van der Waals surface area contributed by atoms with Crippen LogP contribution in [0.4, 0.5) is 17.6 Å². The van der Waals surface area contributed by atoms with Gasteiger partial charge in [-0.15, -0.1) is 11.3 Å². The van der Waals surface area contributed by atoms with Gasteiger partial charge in [0.1, 0.15) is 6.61 Å². The molecule has 110 valence electrons. The molecule has 0 spiro atoms. The van der Waals surface area contributed by atoms with E-state index in [0.717, 1.165) is 8.66 Å². The lowest BCUT2D eigenvalue weighted by molar-refractivity contribution is -0.166. The molecule has 1 aromatic heterocycles. The van der Waals surface area contributed by atoms with Gasteiger partial charge >= 0.3 is 12.3 Å². The van der Waals surface area contributed by atoms with Crippen LogP contribution in [0.2, 0.25) is 0 Å². The first-order valence-electron chi connectivity index (χ1n) is 5.50. The van der Waals surface area contributed by atoms with Crippen LogP contribution in [0.1, 0.15) is 4.88 Å². The molecule has 19 heavy (non-hydrogen) atoms. The second-order valence-corrected chi connectivity index (χ2v) is 6.52. The normalized spacial score (nSPS) is 14.1. The fourth-order valence-corrected chi connectivity index (χ4v) is 2.91. The number of halogens is 5. The first kappa shape index (κ1) is 16.9. The third kappa shape index (κ3) is 5.76. The molecule has 1 atom stereocenters. The summed E-state index contributed by atoms with van der Waals surface area (Å²) in [5.41, 5.74) is 0. The zero-order chi connectivity index (χ0) is 14.5. The highest BCUT2D eigenvalue weighted by Gasteiger charge is 2.41. The summed E-state index contributed by atoms with van der Waals surface area (Å²) >= 11 is 4.85.